The Morgan fingerprint density at radius 1 is 1.05 bits per heavy atom. The number of ether oxygens (including phenoxy) is 1. The predicted octanol–water partition coefficient (Wildman–Crippen LogP) is 6.29. The molecule has 6 aliphatic rings. The number of hydrogen-bond donors (Lipinski definition) is 3. The Balaban J connectivity index is 1.08. The maximum Gasteiger partial charge on any atom is 0.324 e. The van der Waals surface area contributed by atoms with Crippen LogP contribution in [0.25, 0.3) is 27.7 Å². The van der Waals surface area contributed by atoms with Crippen LogP contribution < -0.4 is 16.1 Å². The van der Waals surface area contributed by atoms with Gasteiger partial charge in [0.2, 0.25) is 5.91 Å². The van der Waals surface area contributed by atoms with E-state index in [1.165, 1.54) is 33.3 Å². The van der Waals surface area contributed by atoms with E-state index in [4.69, 9.17) is 9.72 Å². The third-order valence-corrected chi connectivity index (χ3v) is 15.1. The summed E-state index contributed by atoms with van der Waals surface area (Å²) in [5.41, 5.74) is 11.4. The van der Waals surface area contributed by atoms with Gasteiger partial charge in [-0.15, -0.1) is 0 Å². The number of cyclic esters (lactones) is 1. The molecule has 2 aromatic heterocycles. The number of rotatable bonds is 7. The third kappa shape index (κ3) is 8.61. The zero-order chi connectivity index (χ0) is 43.2. The van der Waals surface area contributed by atoms with E-state index >= 15 is 0 Å². The van der Waals surface area contributed by atoms with Crippen LogP contribution in [0.2, 0.25) is 0 Å². The number of aryl methyl sites for hydroxylation is 1. The minimum atomic E-state index is -0.777. The van der Waals surface area contributed by atoms with Crippen molar-refractivity contribution in [1.82, 2.24) is 40.4 Å². The first-order chi connectivity index (χ1) is 29.9. The van der Waals surface area contributed by atoms with Crippen LogP contribution in [-0.2, 0) is 32.1 Å². The lowest BCUT2D eigenvalue weighted by Crippen LogP contribution is -2.63. The smallest absolute Gasteiger partial charge is 0.324 e. The van der Waals surface area contributed by atoms with Crippen molar-refractivity contribution in [2.45, 2.75) is 129 Å². The van der Waals surface area contributed by atoms with Crippen LogP contribution in [0.1, 0.15) is 115 Å². The highest BCUT2D eigenvalue weighted by molar-refractivity contribution is 5.95. The molecule has 9 rings (SSSR count). The molecule has 1 saturated carbocycles. The SMILES string of the molecule is CCn1c(-c2cccnc2C(C)C)c2c3cc(ccc31)C1=CCCN(C1)C[C@H](NC(=O)[C@H](C1CCCC1)N1CC[C@]3(CCNC3)C1)C(=O)N1CCC[C@H](N1)C(=O)OCC(C)(C)C2. The molecule has 3 saturated heterocycles. The van der Waals surface area contributed by atoms with Crippen LogP contribution >= 0.6 is 0 Å². The zero-order valence-electron chi connectivity index (χ0n) is 37.9. The molecule has 1 spiro atoms. The van der Waals surface area contributed by atoms with Crippen LogP contribution in [0, 0.1) is 16.7 Å². The Hall–Kier alpha value is -4.10. The molecule has 1 aliphatic carbocycles. The van der Waals surface area contributed by atoms with Crippen LogP contribution in [0.3, 0.4) is 0 Å². The molecule has 2 amide bonds. The van der Waals surface area contributed by atoms with Crippen molar-refractivity contribution in [3.63, 3.8) is 0 Å². The van der Waals surface area contributed by atoms with Crippen LogP contribution in [-0.4, -0.2) is 119 Å². The number of hydrazine groups is 1. The highest BCUT2D eigenvalue weighted by Gasteiger charge is 2.47. The highest BCUT2D eigenvalue weighted by atomic mass is 16.5. The van der Waals surface area contributed by atoms with E-state index in [0.717, 1.165) is 95.5 Å². The molecule has 334 valence electrons. The van der Waals surface area contributed by atoms with E-state index < -0.39 is 17.5 Å². The zero-order valence-corrected chi connectivity index (χ0v) is 37.9. The minimum absolute atomic E-state index is 0.0214. The second kappa shape index (κ2) is 17.8. The van der Waals surface area contributed by atoms with Gasteiger partial charge in [0, 0.05) is 73.9 Å². The topological polar surface area (TPSA) is 124 Å². The summed E-state index contributed by atoms with van der Waals surface area (Å²) >= 11 is 0. The molecule has 12 heteroatoms. The average Bonchev–Trinajstić information content (AvgIpc) is 4.11. The maximum atomic E-state index is 14.9. The maximum absolute atomic E-state index is 14.9. The number of pyridine rings is 1. The van der Waals surface area contributed by atoms with E-state index in [1.54, 1.807) is 5.01 Å². The van der Waals surface area contributed by atoms with Gasteiger partial charge in [-0.25, -0.2) is 5.43 Å². The van der Waals surface area contributed by atoms with Crippen molar-refractivity contribution in [3.05, 3.63) is 59.4 Å². The van der Waals surface area contributed by atoms with E-state index in [2.05, 4.69) is 95.4 Å². The molecule has 1 unspecified atom stereocenters. The van der Waals surface area contributed by atoms with E-state index in [1.807, 2.05) is 12.3 Å². The molecular formula is C50H70N8O4. The van der Waals surface area contributed by atoms with Gasteiger partial charge in [0.1, 0.15) is 12.1 Å². The molecule has 5 aliphatic heterocycles. The lowest BCUT2D eigenvalue weighted by molar-refractivity contribution is -0.155. The van der Waals surface area contributed by atoms with Gasteiger partial charge in [0.25, 0.3) is 5.91 Å². The predicted molar refractivity (Wildman–Crippen MR) is 244 cm³/mol. The normalized spacial score (nSPS) is 28.1. The van der Waals surface area contributed by atoms with Gasteiger partial charge in [-0.1, -0.05) is 52.7 Å². The van der Waals surface area contributed by atoms with Crippen LogP contribution in [0.5, 0.6) is 0 Å². The summed E-state index contributed by atoms with van der Waals surface area (Å²) in [6.45, 7) is 18.2. The Bertz CT molecular complexity index is 2180. The van der Waals surface area contributed by atoms with Crippen molar-refractivity contribution in [2.75, 3.05) is 59.0 Å². The molecule has 3 N–H and O–H groups in total. The van der Waals surface area contributed by atoms with E-state index in [9.17, 15) is 14.4 Å². The number of likely N-dealkylation sites (tertiary alicyclic amines) is 1. The van der Waals surface area contributed by atoms with Crippen molar-refractivity contribution >= 4 is 34.3 Å². The summed E-state index contributed by atoms with van der Waals surface area (Å²) in [6.07, 6.45) is 13.7. The Labute approximate surface area is 368 Å². The number of hydrogen-bond acceptors (Lipinski definition) is 9. The second-order valence-electron chi connectivity index (χ2n) is 20.6. The average molecular weight is 847 g/mol. The first-order valence-corrected chi connectivity index (χ1v) is 23.9. The Morgan fingerprint density at radius 3 is 2.66 bits per heavy atom. The van der Waals surface area contributed by atoms with E-state index in [-0.39, 0.29) is 47.7 Å². The summed E-state index contributed by atoms with van der Waals surface area (Å²) in [7, 11) is 0. The molecule has 3 aromatic rings. The molecule has 0 radical (unpaired) electrons. The number of aromatic nitrogens is 2. The van der Waals surface area contributed by atoms with Gasteiger partial charge in [-0.3, -0.25) is 34.2 Å². The lowest BCUT2D eigenvalue weighted by Gasteiger charge is -2.39. The second-order valence-corrected chi connectivity index (χ2v) is 20.6. The largest absolute Gasteiger partial charge is 0.464 e. The number of amides is 2. The fraction of sp³-hybridized carbons (Fsp3) is 0.640. The van der Waals surface area contributed by atoms with Crippen LogP contribution in [0.15, 0.2) is 42.6 Å². The molecule has 12 nitrogen and oxygen atoms in total. The quantitative estimate of drug-likeness (QED) is 0.236. The summed E-state index contributed by atoms with van der Waals surface area (Å²) < 4.78 is 8.64. The lowest BCUT2D eigenvalue weighted by atomic mass is 9.83. The Morgan fingerprint density at radius 2 is 1.89 bits per heavy atom. The molecule has 7 heterocycles. The van der Waals surface area contributed by atoms with Gasteiger partial charge < -0.3 is 19.9 Å². The van der Waals surface area contributed by atoms with Crippen molar-refractivity contribution < 1.29 is 19.1 Å². The molecular weight excluding hydrogens is 777 g/mol. The minimum Gasteiger partial charge on any atom is -0.464 e. The van der Waals surface area contributed by atoms with Crippen molar-refractivity contribution in [1.29, 1.82) is 0 Å². The summed E-state index contributed by atoms with van der Waals surface area (Å²) in [6, 6.07) is 9.47. The fourth-order valence-corrected chi connectivity index (χ4v) is 11.9. The first-order valence-electron chi connectivity index (χ1n) is 23.9. The number of fused-ring (bicyclic) bond motifs is 6. The molecule has 4 fully saturated rings. The molecule has 6 bridgehead atoms. The third-order valence-electron chi connectivity index (χ3n) is 15.1. The van der Waals surface area contributed by atoms with Gasteiger partial charge in [0.05, 0.1) is 24.0 Å². The molecule has 62 heavy (non-hydrogen) atoms. The summed E-state index contributed by atoms with van der Waals surface area (Å²) in [4.78, 5) is 53.4. The standard InChI is InChI=1S/C50H70N8O4/c1-6-57-42-18-17-35-26-38(42)39(45(57)37-15-9-21-52-43(37)33(2)3)27-49(4,5)32-62-48(61)40-16-11-24-58(54-40)47(60)41(29-55-23-10-14-36(35)28-55)53-46(59)44(34-12-7-8-13-34)56-25-20-50(31-56)19-22-51-30-50/h9,14-15,17-18,21,26,33-34,40-41,44,51,54H,6-8,10-13,16,19-20,22-25,27-32H2,1-5H3,(H,53,59)/t40-,41-,44-,50-/m0/s1. The molecule has 1 aromatic carbocycles. The van der Waals surface area contributed by atoms with Gasteiger partial charge in [-0.05, 0) is 130 Å². The van der Waals surface area contributed by atoms with Crippen molar-refractivity contribution in [3.8, 4) is 11.3 Å². The monoisotopic (exact) mass is 847 g/mol. The highest BCUT2D eigenvalue weighted by Crippen LogP contribution is 2.43. The Kier molecular flexibility index (Phi) is 12.4. The number of nitrogens with one attached hydrogen (secondary N) is 3. The van der Waals surface area contributed by atoms with Gasteiger partial charge in [0.15, 0.2) is 0 Å². The van der Waals surface area contributed by atoms with Crippen LogP contribution in [0.4, 0.5) is 0 Å². The first kappa shape index (κ1) is 43.2. The number of nitrogens with zero attached hydrogens (tertiary/aromatic N) is 5. The van der Waals surface area contributed by atoms with Gasteiger partial charge in [-0.2, -0.15) is 0 Å². The summed E-state index contributed by atoms with van der Waals surface area (Å²) in [5, 5.41) is 9.79. The van der Waals surface area contributed by atoms with E-state index in [0.29, 0.717) is 38.9 Å². The number of benzene rings is 1. The van der Waals surface area contributed by atoms with Crippen molar-refractivity contribution in [2.24, 2.45) is 16.7 Å². The molecule has 5 atom stereocenters. The summed E-state index contributed by atoms with van der Waals surface area (Å²) in [5.74, 6) is -0.0318. The fourth-order valence-electron chi connectivity index (χ4n) is 11.9. The number of carbonyl (C=O) groups is 3. The number of esters is 1. The number of carbonyl (C=O) groups excluding carboxylic acids is 3. The van der Waals surface area contributed by atoms with Gasteiger partial charge >= 0.3 is 5.97 Å².